The van der Waals surface area contributed by atoms with E-state index < -0.39 is 35.4 Å². The van der Waals surface area contributed by atoms with Gasteiger partial charge in [-0.05, 0) is 71.1 Å². The fourth-order valence-electron chi connectivity index (χ4n) is 5.44. The number of rotatable bonds is 13. The van der Waals surface area contributed by atoms with Crippen molar-refractivity contribution in [2.45, 2.75) is 71.6 Å². The van der Waals surface area contributed by atoms with Crippen LogP contribution in [0.3, 0.4) is 0 Å². The van der Waals surface area contributed by atoms with Gasteiger partial charge in [0.15, 0.2) is 11.2 Å². The molecule has 48 heavy (non-hydrogen) atoms. The molecule has 5 rings (SSSR count). The van der Waals surface area contributed by atoms with Gasteiger partial charge in [0, 0.05) is 25.7 Å². The number of hydrogen-bond acceptors (Lipinski definition) is 10. The summed E-state index contributed by atoms with van der Waals surface area (Å²) < 4.78 is 24.8. The lowest BCUT2D eigenvalue weighted by Gasteiger charge is -2.34. The Morgan fingerprint density at radius 3 is 2.04 bits per heavy atom. The molecule has 0 amide bonds. The first-order chi connectivity index (χ1) is 22.9. The van der Waals surface area contributed by atoms with Gasteiger partial charge < -0.3 is 23.8 Å². The van der Waals surface area contributed by atoms with Gasteiger partial charge in [-0.15, -0.1) is 10.2 Å². The van der Waals surface area contributed by atoms with E-state index in [-0.39, 0.29) is 23.7 Å². The van der Waals surface area contributed by atoms with Crippen LogP contribution in [-0.2, 0) is 29.3 Å². The number of carbonyl (C=O) groups is 2. The number of aromatic nitrogens is 4. The van der Waals surface area contributed by atoms with Crippen molar-refractivity contribution in [1.29, 1.82) is 0 Å². The first-order valence-electron chi connectivity index (χ1n) is 16.4. The highest BCUT2D eigenvalue weighted by molar-refractivity contribution is 5.78. The summed E-state index contributed by atoms with van der Waals surface area (Å²) in [5.41, 5.74) is -0.286. The summed E-state index contributed by atoms with van der Waals surface area (Å²) in [5.74, 6) is -1.02. The molecule has 0 bridgehead atoms. The highest BCUT2D eigenvalue weighted by atomic mass is 16.7. The van der Waals surface area contributed by atoms with E-state index in [2.05, 4.69) is 63.6 Å². The topological polar surface area (TPSA) is 126 Å². The fourth-order valence-corrected chi connectivity index (χ4v) is 5.44. The molecule has 1 aliphatic rings. The molecule has 3 heterocycles. The van der Waals surface area contributed by atoms with Gasteiger partial charge in [-0.3, -0.25) is 4.79 Å². The van der Waals surface area contributed by atoms with Gasteiger partial charge in [0.25, 0.3) is 0 Å². The van der Waals surface area contributed by atoms with Gasteiger partial charge in [0.2, 0.25) is 12.7 Å². The van der Waals surface area contributed by atoms with Crippen LogP contribution in [0, 0.1) is 5.41 Å². The van der Waals surface area contributed by atoms with Gasteiger partial charge in [0.05, 0.1) is 18.1 Å². The lowest BCUT2D eigenvalue weighted by atomic mass is 9.98. The minimum Gasteiger partial charge on any atom is -0.477 e. The van der Waals surface area contributed by atoms with Crippen LogP contribution < -0.4 is 10.4 Å². The number of nitrogens with zero attached hydrogens (tertiary/aromatic N) is 5. The highest BCUT2D eigenvalue weighted by Crippen LogP contribution is 2.30. The van der Waals surface area contributed by atoms with Gasteiger partial charge in [-0.1, -0.05) is 60.7 Å². The summed E-state index contributed by atoms with van der Waals surface area (Å²) >= 11 is 0. The Kier molecular flexibility index (Phi) is 11.0. The number of carbonyl (C=O) groups excluding carboxylic acids is 2. The minimum absolute atomic E-state index is 0.0911. The van der Waals surface area contributed by atoms with E-state index in [1.807, 2.05) is 12.1 Å². The molecule has 0 atom stereocenters. The van der Waals surface area contributed by atoms with E-state index in [0.717, 1.165) is 59.2 Å². The quantitative estimate of drug-likeness (QED) is 0.113. The van der Waals surface area contributed by atoms with E-state index in [4.69, 9.17) is 18.9 Å². The Balaban J connectivity index is 1.09. The summed E-state index contributed by atoms with van der Waals surface area (Å²) in [4.78, 5) is 40.3. The van der Waals surface area contributed by atoms with Crippen LogP contribution in [0.25, 0.3) is 5.65 Å². The van der Waals surface area contributed by atoms with Crippen molar-refractivity contribution in [1.82, 2.24) is 24.3 Å². The molecule has 12 nitrogen and oxygen atoms in total. The van der Waals surface area contributed by atoms with Gasteiger partial charge >= 0.3 is 17.6 Å². The maximum absolute atomic E-state index is 13.2. The van der Waals surface area contributed by atoms with Gasteiger partial charge in [0.1, 0.15) is 6.10 Å². The van der Waals surface area contributed by atoms with E-state index in [1.54, 1.807) is 32.9 Å². The predicted molar refractivity (Wildman–Crippen MR) is 178 cm³/mol. The average molecular weight is 660 g/mol. The van der Waals surface area contributed by atoms with Crippen LogP contribution in [0.1, 0.15) is 71.1 Å². The third-order valence-electron chi connectivity index (χ3n) is 8.31. The van der Waals surface area contributed by atoms with E-state index in [9.17, 15) is 14.4 Å². The van der Waals surface area contributed by atoms with Crippen LogP contribution in [-0.4, -0.2) is 75.4 Å². The summed E-state index contributed by atoms with van der Waals surface area (Å²) in [6.45, 7) is 10.7. The van der Waals surface area contributed by atoms with Gasteiger partial charge in [-0.2, -0.15) is 9.20 Å². The second kappa shape index (κ2) is 15.1. The zero-order valence-corrected chi connectivity index (χ0v) is 28.3. The standard InChI is InChI=1S/C36H45N5O7/c1-35(2,3)32(42)46-25-47-33(43)36(4,5)41-34(44)40-29(37-41)17-18-30(38-40)45-24-12-21-39-22-19-28(20-23-39)48-31(26-13-8-6-9-14-26)27-15-10-7-11-16-27/h6-11,13-18,28,31H,12,19-25H2,1-5H3. The molecule has 0 radical (unpaired) electrons. The molecule has 256 valence electrons. The second-order valence-electron chi connectivity index (χ2n) is 13.5. The normalized spacial score (nSPS) is 14.7. The van der Waals surface area contributed by atoms with Crippen molar-refractivity contribution >= 4 is 17.6 Å². The molecule has 2 aromatic carbocycles. The van der Waals surface area contributed by atoms with Crippen molar-refractivity contribution in [3.05, 3.63) is 94.4 Å². The van der Waals surface area contributed by atoms with Crippen molar-refractivity contribution < 1.29 is 28.5 Å². The molecule has 1 saturated heterocycles. The zero-order valence-electron chi connectivity index (χ0n) is 28.3. The van der Waals surface area contributed by atoms with Crippen LogP contribution in [0.15, 0.2) is 77.6 Å². The predicted octanol–water partition coefficient (Wildman–Crippen LogP) is 4.76. The zero-order chi connectivity index (χ0) is 34.3. The Bertz CT molecular complexity index is 1680. The highest BCUT2D eigenvalue weighted by Gasteiger charge is 2.36. The molecule has 0 unspecified atom stereocenters. The number of piperidine rings is 1. The Morgan fingerprint density at radius 1 is 0.833 bits per heavy atom. The fraction of sp³-hybridized carbons (Fsp3) is 0.472. The Morgan fingerprint density at radius 2 is 1.44 bits per heavy atom. The molecule has 0 saturated carbocycles. The van der Waals surface area contributed by atoms with Gasteiger partial charge in [-0.25, -0.2) is 9.59 Å². The maximum Gasteiger partial charge on any atom is 0.368 e. The number of likely N-dealkylation sites (tertiary alicyclic amines) is 1. The van der Waals surface area contributed by atoms with Crippen molar-refractivity contribution in [3.63, 3.8) is 0 Å². The Hall–Kier alpha value is -4.55. The molecule has 0 N–H and O–H groups in total. The lowest BCUT2D eigenvalue weighted by Crippen LogP contribution is -2.44. The summed E-state index contributed by atoms with van der Waals surface area (Å²) in [6, 6.07) is 24.0. The number of benzene rings is 2. The second-order valence-corrected chi connectivity index (χ2v) is 13.5. The summed E-state index contributed by atoms with van der Waals surface area (Å²) in [6.07, 6.45) is 2.78. The van der Waals surface area contributed by atoms with E-state index in [0.29, 0.717) is 6.61 Å². The van der Waals surface area contributed by atoms with E-state index in [1.165, 1.54) is 13.8 Å². The van der Waals surface area contributed by atoms with Crippen LogP contribution in [0.4, 0.5) is 0 Å². The number of hydrogen-bond donors (Lipinski definition) is 0. The van der Waals surface area contributed by atoms with E-state index >= 15 is 0 Å². The molecule has 12 heteroatoms. The molecular weight excluding hydrogens is 614 g/mol. The molecule has 0 spiro atoms. The number of fused-ring (bicyclic) bond motifs is 1. The molecule has 0 aliphatic carbocycles. The first-order valence-corrected chi connectivity index (χ1v) is 16.4. The average Bonchev–Trinajstić information content (AvgIpc) is 3.42. The molecule has 4 aromatic rings. The molecule has 1 aliphatic heterocycles. The third kappa shape index (κ3) is 8.48. The number of ether oxygens (including phenoxy) is 4. The molecule has 1 fully saturated rings. The molecular formula is C36H45N5O7. The third-order valence-corrected chi connectivity index (χ3v) is 8.31. The Labute approximate surface area is 280 Å². The summed E-state index contributed by atoms with van der Waals surface area (Å²) in [7, 11) is 0. The van der Waals surface area contributed by atoms with Crippen molar-refractivity contribution in [2.24, 2.45) is 5.41 Å². The SMILES string of the molecule is CC(C)(C)C(=O)OCOC(=O)C(C)(C)n1nc2ccc(OCCCN3CCC(OC(c4ccccc4)c4ccccc4)CC3)nn2c1=O. The van der Waals surface area contributed by atoms with Crippen LogP contribution in [0.2, 0.25) is 0 Å². The van der Waals surface area contributed by atoms with Crippen molar-refractivity contribution in [3.8, 4) is 5.88 Å². The minimum atomic E-state index is -1.48. The first kappa shape index (κ1) is 34.8. The smallest absolute Gasteiger partial charge is 0.368 e. The maximum atomic E-state index is 13.2. The molecule has 2 aromatic heterocycles. The van der Waals surface area contributed by atoms with Crippen molar-refractivity contribution in [2.75, 3.05) is 33.0 Å². The lowest BCUT2D eigenvalue weighted by molar-refractivity contribution is -0.178. The van der Waals surface area contributed by atoms with Crippen LogP contribution in [0.5, 0.6) is 5.88 Å². The monoisotopic (exact) mass is 659 g/mol. The largest absolute Gasteiger partial charge is 0.477 e. The number of esters is 2. The summed E-state index contributed by atoms with van der Waals surface area (Å²) in [5, 5.41) is 8.57. The van der Waals surface area contributed by atoms with Crippen LogP contribution >= 0.6 is 0 Å².